The molecule has 0 unspecified atom stereocenters. The average Bonchev–Trinajstić information content (AvgIpc) is 2.99. The van der Waals surface area contributed by atoms with Crippen LogP contribution in [0.4, 0.5) is 0 Å². The Morgan fingerprint density at radius 1 is 1.21 bits per heavy atom. The van der Waals surface area contributed by atoms with Crippen molar-refractivity contribution < 1.29 is 14.6 Å². The van der Waals surface area contributed by atoms with Crippen LogP contribution in [0.3, 0.4) is 0 Å². The molecule has 1 heterocycles. The maximum absolute atomic E-state index is 9.22. The molecule has 0 radical (unpaired) electrons. The minimum atomic E-state index is -0.441. The molecule has 1 saturated carbocycles. The van der Waals surface area contributed by atoms with Crippen LogP contribution >= 0.6 is 11.6 Å². The number of halogens is 1. The first kappa shape index (κ1) is 13.4. The van der Waals surface area contributed by atoms with Gasteiger partial charge in [-0.05, 0) is 25.3 Å². The molecule has 0 amide bonds. The summed E-state index contributed by atoms with van der Waals surface area (Å²) in [6.45, 7) is 0.102. The van der Waals surface area contributed by atoms with Gasteiger partial charge in [0.2, 0.25) is 0 Å². The van der Waals surface area contributed by atoms with Gasteiger partial charge in [0.25, 0.3) is 0 Å². The lowest BCUT2D eigenvalue weighted by Gasteiger charge is -2.22. The second-order valence-electron chi connectivity index (χ2n) is 5.35. The van der Waals surface area contributed by atoms with Crippen LogP contribution in [-0.2, 0) is 9.47 Å². The Hall–Kier alpha value is -0.610. The smallest absolute Gasteiger partial charge is 0.169 e. The van der Waals surface area contributed by atoms with Crippen molar-refractivity contribution in [2.75, 3.05) is 6.61 Å². The summed E-state index contributed by atoms with van der Waals surface area (Å²) in [5.41, 5.74) is 0.964. The fourth-order valence-electron chi connectivity index (χ4n) is 3.13. The minimum absolute atomic E-state index is 0.102. The van der Waals surface area contributed by atoms with Crippen molar-refractivity contribution >= 4 is 11.6 Å². The highest BCUT2D eigenvalue weighted by Crippen LogP contribution is 2.48. The van der Waals surface area contributed by atoms with Gasteiger partial charge in [0.1, 0.15) is 6.10 Å². The Balaban J connectivity index is 1.88. The third kappa shape index (κ3) is 2.52. The number of rotatable bonds is 3. The lowest BCUT2D eigenvalue weighted by atomic mass is 10.0. The van der Waals surface area contributed by atoms with Gasteiger partial charge in [-0.25, -0.2) is 0 Å². The van der Waals surface area contributed by atoms with Crippen molar-refractivity contribution in [1.29, 1.82) is 0 Å². The van der Waals surface area contributed by atoms with Crippen molar-refractivity contribution in [3.63, 3.8) is 0 Å². The number of aliphatic hydroxyl groups excluding tert-OH is 1. The SMILES string of the molecule is OCC[C@H]1OC2(CCCC2)O[C@@H]1c1ccccc1Cl. The fraction of sp³-hybridized carbons (Fsp3) is 0.600. The first-order valence-electron chi connectivity index (χ1n) is 6.95. The third-order valence-electron chi connectivity index (χ3n) is 4.04. The summed E-state index contributed by atoms with van der Waals surface area (Å²) in [5.74, 6) is -0.441. The van der Waals surface area contributed by atoms with Crippen molar-refractivity contribution in [2.24, 2.45) is 0 Å². The van der Waals surface area contributed by atoms with E-state index >= 15 is 0 Å². The summed E-state index contributed by atoms with van der Waals surface area (Å²) in [6, 6.07) is 7.72. The number of aliphatic hydroxyl groups is 1. The van der Waals surface area contributed by atoms with Crippen LogP contribution in [-0.4, -0.2) is 23.6 Å². The Kier molecular flexibility index (Phi) is 3.81. The van der Waals surface area contributed by atoms with Gasteiger partial charge < -0.3 is 14.6 Å². The molecule has 2 aliphatic rings. The first-order valence-corrected chi connectivity index (χ1v) is 7.33. The lowest BCUT2D eigenvalue weighted by Crippen LogP contribution is -2.26. The molecule has 1 aromatic rings. The highest BCUT2D eigenvalue weighted by atomic mass is 35.5. The Bertz CT molecular complexity index is 443. The van der Waals surface area contributed by atoms with E-state index in [0.29, 0.717) is 11.4 Å². The van der Waals surface area contributed by atoms with E-state index in [1.807, 2.05) is 24.3 Å². The van der Waals surface area contributed by atoms with Crippen LogP contribution in [0.15, 0.2) is 24.3 Å². The molecule has 0 bridgehead atoms. The minimum Gasteiger partial charge on any atom is -0.396 e. The molecule has 3 rings (SSSR count). The average molecular weight is 283 g/mol. The van der Waals surface area contributed by atoms with E-state index in [1.54, 1.807) is 0 Å². The molecule has 1 aliphatic heterocycles. The molecule has 2 fully saturated rings. The second-order valence-corrected chi connectivity index (χ2v) is 5.75. The van der Waals surface area contributed by atoms with Crippen LogP contribution in [0.5, 0.6) is 0 Å². The Morgan fingerprint density at radius 2 is 1.95 bits per heavy atom. The maximum Gasteiger partial charge on any atom is 0.169 e. The van der Waals surface area contributed by atoms with Crippen molar-refractivity contribution in [2.45, 2.75) is 50.1 Å². The van der Waals surface area contributed by atoms with Gasteiger partial charge in [-0.15, -0.1) is 0 Å². The molecule has 1 saturated heterocycles. The van der Waals surface area contributed by atoms with E-state index < -0.39 is 5.79 Å². The molecule has 1 spiro atoms. The molecule has 0 aromatic heterocycles. The summed E-state index contributed by atoms with van der Waals surface area (Å²) >= 11 is 6.27. The summed E-state index contributed by atoms with van der Waals surface area (Å²) < 4.78 is 12.4. The second kappa shape index (κ2) is 5.41. The van der Waals surface area contributed by atoms with E-state index in [-0.39, 0.29) is 18.8 Å². The van der Waals surface area contributed by atoms with Gasteiger partial charge in [0.15, 0.2) is 5.79 Å². The molecular formula is C15H19ClO3. The highest BCUT2D eigenvalue weighted by Gasteiger charge is 2.49. The molecule has 104 valence electrons. The Morgan fingerprint density at radius 3 is 2.63 bits per heavy atom. The quantitative estimate of drug-likeness (QED) is 0.923. The molecule has 4 heteroatoms. The number of benzene rings is 1. The molecule has 1 aromatic carbocycles. The van der Waals surface area contributed by atoms with E-state index in [9.17, 15) is 5.11 Å². The summed E-state index contributed by atoms with van der Waals surface area (Å²) in [5, 5.41) is 9.93. The molecule has 1 N–H and O–H groups in total. The van der Waals surface area contributed by atoms with Crippen LogP contribution in [0.2, 0.25) is 5.02 Å². The summed E-state index contributed by atoms with van der Waals surface area (Å²) in [7, 11) is 0. The zero-order valence-corrected chi connectivity index (χ0v) is 11.6. The van der Waals surface area contributed by atoms with E-state index in [2.05, 4.69) is 0 Å². The number of ether oxygens (including phenoxy) is 2. The standard InChI is InChI=1S/C15H19ClO3/c16-12-6-2-1-5-11(12)14-13(7-10-17)18-15(19-14)8-3-4-9-15/h1-2,5-6,13-14,17H,3-4,7-10H2/t13-,14-/m1/s1. The number of hydrogen-bond acceptors (Lipinski definition) is 3. The molecule has 19 heavy (non-hydrogen) atoms. The summed E-state index contributed by atoms with van der Waals surface area (Å²) in [4.78, 5) is 0. The lowest BCUT2D eigenvalue weighted by molar-refractivity contribution is -0.170. The zero-order valence-electron chi connectivity index (χ0n) is 10.8. The van der Waals surface area contributed by atoms with Crippen molar-refractivity contribution in [1.82, 2.24) is 0 Å². The molecule has 2 atom stereocenters. The third-order valence-corrected chi connectivity index (χ3v) is 4.38. The fourth-order valence-corrected chi connectivity index (χ4v) is 3.37. The van der Waals surface area contributed by atoms with Crippen LogP contribution in [0, 0.1) is 0 Å². The maximum atomic E-state index is 9.22. The van der Waals surface area contributed by atoms with Crippen molar-refractivity contribution in [3.05, 3.63) is 34.9 Å². The predicted octanol–water partition coefficient (Wildman–Crippen LogP) is 3.45. The molecule has 3 nitrogen and oxygen atoms in total. The van der Waals surface area contributed by atoms with Crippen LogP contribution in [0.25, 0.3) is 0 Å². The van der Waals surface area contributed by atoms with Gasteiger partial charge in [-0.2, -0.15) is 0 Å². The largest absolute Gasteiger partial charge is 0.396 e. The van der Waals surface area contributed by atoms with Crippen molar-refractivity contribution in [3.8, 4) is 0 Å². The van der Waals surface area contributed by atoms with Gasteiger partial charge in [-0.3, -0.25) is 0 Å². The van der Waals surface area contributed by atoms with Gasteiger partial charge in [-0.1, -0.05) is 29.8 Å². The normalized spacial score (nSPS) is 29.2. The topological polar surface area (TPSA) is 38.7 Å². The number of hydrogen-bond donors (Lipinski definition) is 1. The highest BCUT2D eigenvalue weighted by molar-refractivity contribution is 6.31. The van der Waals surface area contributed by atoms with E-state index in [4.69, 9.17) is 21.1 Å². The van der Waals surface area contributed by atoms with Gasteiger partial charge in [0.05, 0.1) is 6.10 Å². The van der Waals surface area contributed by atoms with Gasteiger partial charge >= 0.3 is 0 Å². The molecular weight excluding hydrogens is 264 g/mol. The van der Waals surface area contributed by atoms with E-state index in [0.717, 1.165) is 31.2 Å². The van der Waals surface area contributed by atoms with E-state index in [1.165, 1.54) is 0 Å². The molecule has 1 aliphatic carbocycles. The summed E-state index contributed by atoms with van der Waals surface area (Å²) in [6.07, 6.45) is 4.47. The Labute approximate surface area is 118 Å². The van der Waals surface area contributed by atoms with Crippen LogP contribution in [0.1, 0.15) is 43.8 Å². The first-order chi connectivity index (χ1) is 9.24. The van der Waals surface area contributed by atoms with Crippen LogP contribution < -0.4 is 0 Å². The monoisotopic (exact) mass is 282 g/mol. The predicted molar refractivity (Wildman–Crippen MR) is 73.1 cm³/mol. The zero-order chi connectivity index (χ0) is 13.3. The van der Waals surface area contributed by atoms with Gasteiger partial charge in [0, 0.05) is 30.0 Å².